The summed E-state index contributed by atoms with van der Waals surface area (Å²) in [5.74, 6) is 0.969. The van der Waals surface area contributed by atoms with Crippen LogP contribution < -0.4 is 10.6 Å². The largest absolute Gasteiger partial charge is 0.311 e. The third-order valence-electron chi connectivity index (χ3n) is 4.25. The Labute approximate surface area is 108 Å². The molecular formula is C14H22N2S. The van der Waals surface area contributed by atoms with Gasteiger partial charge < -0.3 is 10.6 Å². The second kappa shape index (κ2) is 5.51. The predicted molar refractivity (Wildman–Crippen MR) is 73.3 cm³/mol. The normalized spacial score (nSPS) is 32.6. The molecule has 1 aromatic heterocycles. The van der Waals surface area contributed by atoms with E-state index in [0.717, 1.165) is 25.0 Å². The van der Waals surface area contributed by atoms with Crippen molar-refractivity contribution in [3.63, 3.8) is 0 Å². The highest BCUT2D eigenvalue weighted by Gasteiger charge is 2.34. The van der Waals surface area contributed by atoms with E-state index in [2.05, 4.69) is 27.5 Å². The Morgan fingerprint density at radius 2 is 2.29 bits per heavy atom. The molecule has 3 rings (SSSR count). The maximum Gasteiger partial charge on any atom is 0.0214 e. The molecule has 0 amide bonds. The molecule has 17 heavy (non-hydrogen) atoms. The highest BCUT2D eigenvalue weighted by molar-refractivity contribution is 7.07. The Hall–Kier alpha value is -0.380. The molecule has 0 aromatic carbocycles. The molecule has 0 bridgehead atoms. The fourth-order valence-electron chi connectivity index (χ4n) is 3.37. The number of nitrogens with one attached hydrogen (secondary N) is 2. The van der Waals surface area contributed by atoms with Crippen LogP contribution >= 0.6 is 11.3 Å². The van der Waals surface area contributed by atoms with Crippen molar-refractivity contribution in [3.8, 4) is 0 Å². The summed E-state index contributed by atoms with van der Waals surface area (Å²) >= 11 is 1.78. The maximum absolute atomic E-state index is 3.81. The van der Waals surface area contributed by atoms with Crippen LogP contribution in [0.25, 0.3) is 0 Å². The Morgan fingerprint density at radius 1 is 1.35 bits per heavy atom. The molecule has 3 atom stereocenters. The molecule has 1 aliphatic heterocycles. The average molecular weight is 250 g/mol. The van der Waals surface area contributed by atoms with Crippen LogP contribution in [0.3, 0.4) is 0 Å². The second-order valence-electron chi connectivity index (χ2n) is 5.51. The van der Waals surface area contributed by atoms with E-state index in [1.54, 1.807) is 11.3 Å². The van der Waals surface area contributed by atoms with Gasteiger partial charge in [-0.05, 0) is 47.6 Å². The van der Waals surface area contributed by atoms with Gasteiger partial charge in [0.15, 0.2) is 0 Å². The van der Waals surface area contributed by atoms with Crippen molar-refractivity contribution < 1.29 is 0 Å². The van der Waals surface area contributed by atoms with Crippen molar-refractivity contribution >= 4 is 11.3 Å². The predicted octanol–water partition coefficient (Wildman–Crippen LogP) is 2.76. The molecule has 1 saturated heterocycles. The number of thiophene rings is 1. The lowest BCUT2D eigenvalue weighted by molar-refractivity contribution is 0.325. The maximum atomic E-state index is 3.81. The van der Waals surface area contributed by atoms with E-state index < -0.39 is 0 Å². The Bertz CT molecular complexity index is 322. The SMILES string of the molecule is c1cc(CNCC2CC3CCCCC3N2)cs1. The van der Waals surface area contributed by atoms with E-state index in [1.807, 2.05) is 0 Å². The van der Waals surface area contributed by atoms with Gasteiger partial charge in [-0.1, -0.05) is 12.8 Å². The smallest absolute Gasteiger partial charge is 0.0214 e. The van der Waals surface area contributed by atoms with Crippen molar-refractivity contribution in [1.82, 2.24) is 10.6 Å². The fourth-order valence-corrected chi connectivity index (χ4v) is 4.04. The summed E-state index contributed by atoms with van der Waals surface area (Å²) in [6.45, 7) is 2.15. The molecule has 94 valence electrons. The molecule has 2 fully saturated rings. The summed E-state index contributed by atoms with van der Waals surface area (Å²) in [5.41, 5.74) is 1.42. The summed E-state index contributed by atoms with van der Waals surface area (Å²) in [6.07, 6.45) is 7.15. The number of hydrogen-bond donors (Lipinski definition) is 2. The summed E-state index contributed by atoms with van der Waals surface area (Å²) in [7, 11) is 0. The minimum absolute atomic E-state index is 0.710. The van der Waals surface area contributed by atoms with E-state index in [1.165, 1.54) is 37.7 Å². The van der Waals surface area contributed by atoms with Crippen molar-refractivity contribution in [2.24, 2.45) is 5.92 Å². The third-order valence-corrected chi connectivity index (χ3v) is 4.98. The molecule has 1 saturated carbocycles. The van der Waals surface area contributed by atoms with Gasteiger partial charge in [-0.15, -0.1) is 0 Å². The van der Waals surface area contributed by atoms with Crippen molar-refractivity contribution in [2.75, 3.05) is 6.54 Å². The van der Waals surface area contributed by atoms with Crippen LogP contribution in [-0.4, -0.2) is 18.6 Å². The Balaban J connectivity index is 1.41. The highest BCUT2D eigenvalue weighted by atomic mass is 32.1. The summed E-state index contributed by atoms with van der Waals surface area (Å²) < 4.78 is 0. The van der Waals surface area contributed by atoms with Crippen molar-refractivity contribution in [2.45, 2.75) is 50.7 Å². The minimum Gasteiger partial charge on any atom is -0.311 e. The van der Waals surface area contributed by atoms with E-state index >= 15 is 0 Å². The van der Waals surface area contributed by atoms with Gasteiger partial charge in [0.05, 0.1) is 0 Å². The molecule has 1 aliphatic carbocycles. The summed E-state index contributed by atoms with van der Waals surface area (Å²) in [6, 6.07) is 3.75. The van der Waals surface area contributed by atoms with Crippen molar-refractivity contribution in [3.05, 3.63) is 22.4 Å². The van der Waals surface area contributed by atoms with Crippen molar-refractivity contribution in [1.29, 1.82) is 0 Å². The monoisotopic (exact) mass is 250 g/mol. The van der Waals surface area contributed by atoms with Gasteiger partial charge in [-0.3, -0.25) is 0 Å². The van der Waals surface area contributed by atoms with Gasteiger partial charge >= 0.3 is 0 Å². The quantitative estimate of drug-likeness (QED) is 0.858. The lowest BCUT2D eigenvalue weighted by atomic mass is 9.85. The van der Waals surface area contributed by atoms with Crippen LogP contribution in [0.4, 0.5) is 0 Å². The lowest BCUT2D eigenvalue weighted by Crippen LogP contribution is -2.38. The molecular weight excluding hydrogens is 228 g/mol. The Morgan fingerprint density at radius 3 is 3.12 bits per heavy atom. The van der Waals surface area contributed by atoms with Crippen LogP contribution in [0.1, 0.15) is 37.7 Å². The number of hydrogen-bond acceptors (Lipinski definition) is 3. The molecule has 2 aliphatic rings. The summed E-state index contributed by atoms with van der Waals surface area (Å²) in [4.78, 5) is 0. The van der Waals surface area contributed by atoms with E-state index in [0.29, 0.717) is 6.04 Å². The molecule has 0 radical (unpaired) electrons. The average Bonchev–Trinajstić information content (AvgIpc) is 2.96. The van der Waals surface area contributed by atoms with Crippen LogP contribution in [0.15, 0.2) is 16.8 Å². The first kappa shape index (κ1) is 11.7. The van der Waals surface area contributed by atoms with Gasteiger partial charge in [-0.25, -0.2) is 0 Å². The van der Waals surface area contributed by atoms with Crippen LogP contribution in [0.5, 0.6) is 0 Å². The van der Waals surface area contributed by atoms with E-state index in [9.17, 15) is 0 Å². The van der Waals surface area contributed by atoms with Gasteiger partial charge in [0.25, 0.3) is 0 Å². The molecule has 2 N–H and O–H groups in total. The van der Waals surface area contributed by atoms with E-state index in [4.69, 9.17) is 0 Å². The topological polar surface area (TPSA) is 24.1 Å². The fraction of sp³-hybridized carbons (Fsp3) is 0.714. The standard InChI is InChI=1S/C14H22N2S/c1-2-4-14-12(3-1)7-13(16-14)9-15-8-11-5-6-17-10-11/h5-6,10,12-16H,1-4,7-9H2. The third kappa shape index (κ3) is 2.90. The minimum atomic E-state index is 0.710. The molecule has 3 unspecified atom stereocenters. The zero-order chi connectivity index (χ0) is 11.5. The number of rotatable bonds is 4. The first-order chi connectivity index (χ1) is 8.42. The second-order valence-corrected chi connectivity index (χ2v) is 6.29. The van der Waals surface area contributed by atoms with Gasteiger partial charge in [-0.2, -0.15) is 11.3 Å². The van der Waals surface area contributed by atoms with Crippen LogP contribution in [0.2, 0.25) is 0 Å². The molecule has 2 nitrogen and oxygen atoms in total. The lowest BCUT2D eigenvalue weighted by Gasteiger charge is -2.24. The van der Waals surface area contributed by atoms with Crippen LogP contribution in [-0.2, 0) is 6.54 Å². The molecule has 0 spiro atoms. The van der Waals surface area contributed by atoms with E-state index in [-0.39, 0.29) is 0 Å². The first-order valence-electron chi connectivity index (χ1n) is 6.89. The first-order valence-corrected chi connectivity index (χ1v) is 7.84. The molecule has 1 aromatic rings. The highest BCUT2D eigenvalue weighted by Crippen LogP contribution is 2.32. The zero-order valence-corrected chi connectivity index (χ0v) is 11.1. The van der Waals surface area contributed by atoms with Gasteiger partial charge in [0.1, 0.15) is 0 Å². The van der Waals surface area contributed by atoms with Gasteiger partial charge in [0, 0.05) is 25.2 Å². The summed E-state index contributed by atoms with van der Waals surface area (Å²) in [5, 5.41) is 11.8. The van der Waals surface area contributed by atoms with Gasteiger partial charge in [0.2, 0.25) is 0 Å². The zero-order valence-electron chi connectivity index (χ0n) is 10.3. The molecule has 3 heteroatoms. The Kier molecular flexibility index (Phi) is 3.79. The number of fused-ring (bicyclic) bond motifs is 1. The van der Waals surface area contributed by atoms with Crippen LogP contribution in [0, 0.1) is 5.92 Å². The molecule has 2 heterocycles.